The third-order valence-corrected chi connectivity index (χ3v) is 2.62. The van der Waals surface area contributed by atoms with E-state index < -0.39 is 11.4 Å². The number of pyridine rings is 1. The lowest BCUT2D eigenvalue weighted by atomic mass is 9.86. The Balaban J connectivity index is 2.12. The number of rotatable bonds is 5. The average Bonchev–Trinajstić information content (AvgIpc) is 2.76. The lowest BCUT2D eigenvalue weighted by Gasteiger charge is -2.19. The minimum absolute atomic E-state index is 0.0499. The summed E-state index contributed by atoms with van der Waals surface area (Å²) >= 11 is 0. The molecule has 0 saturated carbocycles. The molecular weight excluding hydrogens is 246 g/mol. The van der Waals surface area contributed by atoms with Gasteiger partial charge < -0.3 is 9.63 Å². The van der Waals surface area contributed by atoms with Gasteiger partial charge in [-0.15, -0.1) is 0 Å². The van der Waals surface area contributed by atoms with E-state index >= 15 is 0 Å². The highest BCUT2D eigenvalue weighted by Gasteiger charge is 2.25. The number of carboxylic acid groups (broad SMARTS) is 1. The van der Waals surface area contributed by atoms with Crippen LogP contribution in [0, 0.1) is 5.41 Å². The predicted octanol–water partition coefficient (Wildman–Crippen LogP) is 2.17. The molecule has 2 aromatic rings. The fourth-order valence-electron chi connectivity index (χ4n) is 1.81. The van der Waals surface area contributed by atoms with E-state index in [1.165, 1.54) is 0 Å². The van der Waals surface area contributed by atoms with Gasteiger partial charge in [-0.1, -0.05) is 25.1 Å². The summed E-state index contributed by atoms with van der Waals surface area (Å²) in [4.78, 5) is 19.1. The summed E-state index contributed by atoms with van der Waals surface area (Å²) in [6.07, 6.45) is 2.12. The van der Waals surface area contributed by atoms with Crippen LogP contribution in [0.5, 0.6) is 0 Å². The Hall–Kier alpha value is -2.24. The van der Waals surface area contributed by atoms with E-state index in [-0.39, 0.29) is 6.42 Å². The van der Waals surface area contributed by atoms with Gasteiger partial charge in [-0.2, -0.15) is 4.98 Å². The molecule has 19 heavy (non-hydrogen) atoms. The SMILES string of the molecule is CC(C)(CC(=O)O)Cc1nc(-c2ccccn2)no1. The molecule has 0 aliphatic rings. The first kappa shape index (κ1) is 13.2. The summed E-state index contributed by atoms with van der Waals surface area (Å²) in [7, 11) is 0. The normalized spacial score (nSPS) is 11.5. The van der Waals surface area contributed by atoms with Crippen LogP contribution in [-0.2, 0) is 11.2 Å². The first-order valence-electron chi connectivity index (χ1n) is 5.92. The van der Waals surface area contributed by atoms with Crippen LogP contribution in [0.4, 0.5) is 0 Å². The molecule has 0 amide bonds. The Morgan fingerprint density at radius 3 is 2.84 bits per heavy atom. The van der Waals surface area contributed by atoms with Crippen LogP contribution in [0.3, 0.4) is 0 Å². The summed E-state index contributed by atoms with van der Waals surface area (Å²) in [5.41, 5.74) is 0.202. The summed E-state index contributed by atoms with van der Waals surface area (Å²) in [5.74, 6) is 0.00286. The van der Waals surface area contributed by atoms with E-state index in [0.717, 1.165) is 0 Å². The maximum Gasteiger partial charge on any atom is 0.303 e. The highest BCUT2D eigenvalue weighted by atomic mass is 16.5. The van der Waals surface area contributed by atoms with Gasteiger partial charge >= 0.3 is 5.97 Å². The van der Waals surface area contributed by atoms with Crippen molar-refractivity contribution >= 4 is 5.97 Å². The number of hydrogen-bond donors (Lipinski definition) is 1. The van der Waals surface area contributed by atoms with Crippen molar-refractivity contribution in [1.82, 2.24) is 15.1 Å². The molecule has 0 aromatic carbocycles. The van der Waals surface area contributed by atoms with E-state index in [1.807, 2.05) is 19.9 Å². The summed E-state index contributed by atoms with van der Waals surface area (Å²) in [6.45, 7) is 3.71. The lowest BCUT2D eigenvalue weighted by Crippen LogP contribution is -2.19. The maximum atomic E-state index is 10.8. The second-order valence-corrected chi connectivity index (χ2v) is 5.14. The molecule has 0 radical (unpaired) electrons. The van der Waals surface area contributed by atoms with Crippen molar-refractivity contribution in [3.63, 3.8) is 0 Å². The fourth-order valence-corrected chi connectivity index (χ4v) is 1.81. The lowest BCUT2D eigenvalue weighted by molar-refractivity contribution is -0.139. The van der Waals surface area contributed by atoms with Crippen LogP contribution in [0.25, 0.3) is 11.5 Å². The van der Waals surface area contributed by atoms with Crippen LogP contribution in [0.1, 0.15) is 26.2 Å². The van der Waals surface area contributed by atoms with Gasteiger partial charge in [0.15, 0.2) is 0 Å². The van der Waals surface area contributed by atoms with E-state index in [9.17, 15) is 4.79 Å². The third-order valence-electron chi connectivity index (χ3n) is 2.62. The summed E-state index contributed by atoms with van der Waals surface area (Å²) in [5, 5.41) is 12.7. The number of aliphatic carboxylic acids is 1. The van der Waals surface area contributed by atoms with Crippen LogP contribution < -0.4 is 0 Å². The second-order valence-electron chi connectivity index (χ2n) is 5.14. The number of carboxylic acids is 1. The largest absolute Gasteiger partial charge is 0.481 e. The molecule has 2 rings (SSSR count). The van der Waals surface area contributed by atoms with Gasteiger partial charge in [0.25, 0.3) is 0 Å². The smallest absolute Gasteiger partial charge is 0.303 e. The maximum absolute atomic E-state index is 10.8. The topological polar surface area (TPSA) is 89.1 Å². The minimum Gasteiger partial charge on any atom is -0.481 e. The van der Waals surface area contributed by atoms with Crippen molar-refractivity contribution in [2.24, 2.45) is 5.41 Å². The fraction of sp³-hybridized carbons (Fsp3) is 0.385. The monoisotopic (exact) mass is 261 g/mol. The van der Waals surface area contributed by atoms with Crippen molar-refractivity contribution in [2.75, 3.05) is 0 Å². The van der Waals surface area contributed by atoms with Crippen molar-refractivity contribution < 1.29 is 14.4 Å². The van der Waals surface area contributed by atoms with Gasteiger partial charge in [0, 0.05) is 12.6 Å². The molecule has 0 spiro atoms. The molecule has 0 atom stereocenters. The Morgan fingerprint density at radius 1 is 1.42 bits per heavy atom. The minimum atomic E-state index is -0.838. The standard InChI is InChI=1S/C13H15N3O3/c1-13(2,8-11(17)18)7-10-15-12(16-19-10)9-5-3-4-6-14-9/h3-6H,7-8H2,1-2H3,(H,17,18). The van der Waals surface area contributed by atoms with Crippen molar-refractivity contribution in [1.29, 1.82) is 0 Å². The predicted molar refractivity (Wildman–Crippen MR) is 67.3 cm³/mol. The Kier molecular flexibility index (Phi) is 3.59. The van der Waals surface area contributed by atoms with Gasteiger partial charge in [0.05, 0.1) is 6.42 Å². The van der Waals surface area contributed by atoms with Crippen molar-refractivity contribution in [3.05, 3.63) is 30.3 Å². The molecule has 100 valence electrons. The van der Waals surface area contributed by atoms with Crippen LogP contribution in [0.2, 0.25) is 0 Å². The first-order chi connectivity index (χ1) is 8.96. The van der Waals surface area contributed by atoms with Gasteiger partial charge in [-0.05, 0) is 17.5 Å². The Labute approximate surface area is 110 Å². The molecule has 0 bridgehead atoms. The highest BCUT2D eigenvalue weighted by Crippen LogP contribution is 2.26. The van der Waals surface area contributed by atoms with E-state index in [0.29, 0.717) is 23.8 Å². The number of carbonyl (C=O) groups is 1. The zero-order valence-electron chi connectivity index (χ0n) is 10.8. The zero-order chi connectivity index (χ0) is 13.9. The third kappa shape index (κ3) is 3.61. The molecule has 2 heterocycles. The average molecular weight is 261 g/mol. The summed E-state index contributed by atoms with van der Waals surface area (Å²) in [6, 6.07) is 5.43. The second kappa shape index (κ2) is 5.17. The Bertz CT molecular complexity index is 564. The van der Waals surface area contributed by atoms with E-state index in [2.05, 4.69) is 15.1 Å². The molecular formula is C13H15N3O3. The van der Waals surface area contributed by atoms with Gasteiger partial charge in [0.1, 0.15) is 5.69 Å². The van der Waals surface area contributed by atoms with E-state index in [1.54, 1.807) is 18.3 Å². The zero-order valence-corrected chi connectivity index (χ0v) is 10.8. The summed E-state index contributed by atoms with van der Waals surface area (Å²) < 4.78 is 5.14. The first-order valence-corrected chi connectivity index (χ1v) is 5.92. The van der Waals surface area contributed by atoms with Gasteiger partial charge in [-0.3, -0.25) is 9.78 Å². The quantitative estimate of drug-likeness (QED) is 0.887. The molecule has 6 heteroatoms. The van der Waals surface area contributed by atoms with E-state index in [4.69, 9.17) is 9.63 Å². The molecule has 0 fully saturated rings. The van der Waals surface area contributed by atoms with Crippen molar-refractivity contribution in [2.45, 2.75) is 26.7 Å². The van der Waals surface area contributed by atoms with Crippen LogP contribution in [0.15, 0.2) is 28.9 Å². The molecule has 0 aliphatic carbocycles. The van der Waals surface area contributed by atoms with Crippen LogP contribution in [-0.4, -0.2) is 26.2 Å². The number of hydrogen-bond acceptors (Lipinski definition) is 5. The molecule has 1 N–H and O–H groups in total. The van der Waals surface area contributed by atoms with Gasteiger partial charge in [0.2, 0.25) is 11.7 Å². The molecule has 6 nitrogen and oxygen atoms in total. The van der Waals surface area contributed by atoms with Crippen LogP contribution >= 0.6 is 0 Å². The molecule has 0 unspecified atom stereocenters. The molecule has 0 saturated heterocycles. The highest BCUT2D eigenvalue weighted by molar-refractivity contribution is 5.67. The van der Waals surface area contributed by atoms with Gasteiger partial charge in [-0.25, -0.2) is 0 Å². The number of aromatic nitrogens is 3. The number of nitrogens with zero attached hydrogens (tertiary/aromatic N) is 3. The van der Waals surface area contributed by atoms with Crippen molar-refractivity contribution in [3.8, 4) is 11.5 Å². The molecule has 2 aromatic heterocycles. The molecule has 0 aliphatic heterocycles. The Morgan fingerprint density at radius 2 is 2.21 bits per heavy atom.